The van der Waals surface area contributed by atoms with Gasteiger partial charge >= 0.3 is 0 Å². The molecular weight excluding hydrogens is 268 g/mol. The summed E-state index contributed by atoms with van der Waals surface area (Å²) >= 11 is 5.83. The Hall–Kier alpha value is -1.14. The largest absolute Gasteiger partial charge is 0.396 e. The number of rotatable bonds is 8. The van der Waals surface area contributed by atoms with Crippen LogP contribution in [0.2, 0.25) is 5.02 Å². The normalized spacial score (nSPS) is 10.7. The number of nitrogens with one attached hydrogen (secondary N) is 1. The van der Waals surface area contributed by atoms with Gasteiger partial charge in [-0.15, -0.1) is 0 Å². The van der Waals surface area contributed by atoms with Crippen molar-refractivity contribution in [1.29, 1.82) is 0 Å². The van der Waals surface area contributed by atoms with Gasteiger partial charge < -0.3 is 15.5 Å². The lowest BCUT2D eigenvalue weighted by atomic mass is 10.3. The van der Waals surface area contributed by atoms with Crippen LogP contribution in [0.4, 0.5) is 5.69 Å². The van der Waals surface area contributed by atoms with Crippen LogP contribution in [0.1, 0.15) is 6.42 Å². The summed E-state index contributed by atoms with van der Waals surface area (Å²) < 4.78 is 0. The topological polar surface area (TPSA) is 72.8 Å². The molecule has 0 bridgehead atoms. The highest BCUT2D eigenvalue weighted by atomic mass is 35.5. The van der Waals surface area contributed by atoms with Crippen LogP contribution >= 0.6 is 11.6 Å². The lowest BCUT2D eigenvalue weighted by Crippen LogP contribution is -2.36. The number of carbonyl (C=O) groups excluding carboxylic acids is 1. The summed E-state index contributed by atoms with van der Waals surface area (Å²) in [4.78, 5) is 13.6. The van der Waals surface area contributed by atoms with Gasteiger partial charge in [-0.2, -0.15) is 0 Å². The standard InChI is InChI=1S/C13H19ClN2O3/c14-11-3-1-4-12(9-11)15-13(19)10-16(6-8-18)5-2-7-17/h1,3-4,9,17-18H,2,5-8,10H2,(H,15,19). The average molecular weight is 287 g/mol. The van der Waals surface area contributed by atoms with E-state index in [1.165, 1.54) is 0 Å². The first kappa shape index (κ1) is 15.9. The second kappa shape index (κ2) is 8.87. The van der Waals surface area contributed by atoms with Crippen LogP contribution < -0.4 is 5.32 Å². The molecule has 0 fully saturated rings. The Balaban J connectivity index is 2.47. The van der Waals surface area contributed by atoms with Gasteiger partial charge in [0.15, 0.2) is 0 Å². The molecule has 0 aromatic heterocycles. The summed E-state index contributed by atoms with van der Waals surface area (Å²) in [5.41, 5.74) is 0.642. The third-order valence-electron chi connectivity index (χ3n) is 2.52. The van der Waals surface area contributed by atoms with E-state index in [0.717, 1.165) is 0 Å². The van der Waals surface area contributed by atoms with Crippen LogP contribution in [0.3, 0.4) is 0 Å². The van der Waals surface area contributed by atoms with Crippen LogP contribution in [-0.4, -0.2) is 53.9 Å². The van der Waals surface area contributed by atoms with E-state index in [9.17, 15) is 4.79 Å². The lowest BCUT2D eigenvalue weighted by molar-refractivity contribution is -0.117. The summed E-state index contributed by atoms with van der Waals surface area (Å²) in [5.74, 6) is -0.173. The Labute approximate surface area is 117 Å². The average Bonchev–Trinajstić information content (AvgIpc) is 2.36. The third-order valence-corrected chi connectivity index (χ3v) is 2.76. The summed E-state index contributed by atoms with van der Waals surface area (Å²) in [6, 6.07) is 6.92. The molecule has 1 aromatic rings. The number of hydrogen-bond acceptors (Lipinski definition) is 4. The van der Waals surface area contributed by atoms with Gasteiger partial charge in [-0.1, -0.05) is 17.7 Å². The van der Waals surface area contributed by atoms with E-state index in [-0.39, 0.29) is 25.7 Å². The van der Waals surface area contributed by atoms with Gasteiger partial charge in [-0.25, -0.2) is 0 Å². The first-order chi connectivity index (χ1) is 9.15. The van der Waals surface area contributed by atoms with Gasteiger partial charge in [0.25, 0.3) is 0 Å². The number of hydrogen-bond donors (Lipinski definition) is 3. The minimum Gasteiger partial charge on any atom is -0.396 e. The zero-order valence-electron chi connectivity index (χ0n) is 10.7. The smallest absolute Gasteiger partial charge is 0.238 e. The van der Waals surface area contributed by atoms with Gasteiger partial charge in [0.1, 0.15) is 0 Å². The van der Waals surface area contributed by atoms with E-state index in [2.05, 4.69) is 5.32 Å². The van der Waals surface area contributed by atoms with Gasteiger partial charge in [0.2, 0.25) is 5.91 Å². The maximum absolute atomic E-state index is 11.8. The van der Waals surface area contributed by atoms with Crippen molar-refractivity contribution in [2.45, 2.75) is 6.42 Å². The second-order valence-electron chi connectivity index (χ2n) is 4.14. The Kier molecular flexibility index (Phi) is 7.43. The molecule has 19 heavy (non-hydrogen) atoms. The number of nitrogens with zero attached hydrogens (tertiary/aromatic N) is 1. The van der Waals surface area contributed by atoms with Crippen molar-refractivity contribution in [2.24, 2.45) is 0 Å². The molecular formula is C13H19ClN2O3. The van der Waals surface area contributed by atoms with Crippen molar-refractivity contribution < 1.29 is 15.0 Å². The number of aliphatic hydroxyl groups excluding tert-OH is 2. The molecule has 0 heterocycles. The molecule has 0 unspecified atom stereocenters. The highest BCUT2D eigenvalue weighted by Crippen LogP contribution is 2.14. The van der Waals surface area contributed by atoms with Gasteiger partial charge in [-0.3, -0.25) is 9.69 Å². The van der Waals surface area contributed by atoms with Gasteiger partial charge in [0.05, 0.1) is 13.2 Å². The van der Waals surface area contributed by atoms with Crippen molar-refractivity contribution in [2.75, 3.05) is 38.2 Å². The molecule has 0 saturated heterocycles. The molecule has 0 aliphatic carbocycles. The fraction of sp³-hybridized carbons (Fsp3) is 0.462. The molecule has 3 N–H and O–H groups in total. The Morgan fingerprint density at radius 2 is 2.05 bits per heavy atom. The number of anilines is 1. The van der Waals surface area contributed by atoms with Crippen LogP contribution in [-0.2, 0) is 4.79 Å². The fourth-order valence-electron chi connectivity index (χ4n) is 1.68. The molecule has 1 amide bonds. The number of amides is 1. The zero-order valence-corrected chi connectivity index (χ0v) is 11.4. The minimum atomic E-state index is -0.173. The molecule has 0 spiro atoms. The van der Waals surface area contributed by atoms with Gasteiger partial charge in [-0.05, 0) is 24.6 Å². The first-order valence-electron chi connectivity index (χ1n) is 6.15. The molecule has 106 valence electrons. The summed E-state index contributed by atoms with van der Waals surface area (Å²) in [7, 11) is 0. The number of benzene rings is 1. The molecule has 5 nitrogen and oxygen atoms in total. The zero-order chi connectivity index (χ0) is 14.1. The van der Waals surface area contributed by atoms with E-state index in [0.29, 0.717) is 30.2 Å². The van der Waals surface area contributed by atoms with Gasteiger partial charge in [0, 0.05) is 30.4 Å². The predicted molar refractivity (Wildman–Crippen MR) is 75.3 cm³/mol. The van der Waals surface area contributed by atoms with Crippen LogP contribution in [0.25, 0.3) is 0 Å². The highest BCUT2D eigenvalue weighted by molar-refractivity contribution is 6.30. The van der Waals surface area contributed by atoms with Crippen molar-refractivity contribution in [3.63, 3.8) is 0 Å². The SMILES string of the molecule is O=C(CN(CCO)CCCO)Nc1cccc(Cl)c1. The Morgan fingerprint density at radius 1 is 1.26 bits per heavy atom. The summed E-state index contributed by atoms with van der Waals surface area (Å²) in [6.07, 6.45) is 0.574. The summed E-state index contributed by atoms with van der Waals surface area (Å²) in [6.45, 7) is 1.20. The fourth-order valence-corrected chi connectivity index (χ4v) is 1.87. The van der Waals surface area contributed by atoms with Crippen molar-refractivity contribution in [3.8, 4) is 0 Å². The number of halogens is 1. The monoisotopic (exact) mass is 286 g/mol. The molecule has 1 aromatic carbocycles. The Morgan fingerprint density at radius 3 is 2.68 bits per heavy atom. The molecule has 0 saturated carbocycles. The Bertz CT molecular complexity index is 401. The molecule has 1 rings (SSSR count). The first-order valence-corrected chi connectivity index (χ1v) is 6.53. The van der Waals surface area contributed by atoms with Crippen LogP contribution in [0, 0.1) is 0 Å². The van der Waals surface area contributed by atoms with E-state index < -0.39 is 0 Å². The van der Waals surface area contributed by atoms with Crippen molar-refractivity contribution >= 4 is 23.2 Å². The number of aliphatic hydroxyl groups is 2. The molecule has 0 aliphatic heterocycles. The van der Waals surface area contributed by atoms with Crippen LogP contribution in [0.5, 0.6) is 0 Å². The predicted octanol–water partition coefficient (Wildman–Crippen LogP) is 0.955. The number of carbonyl (C=O) groups is 1. The molecule has 0 aliphatic rings. The highest BCUT2D eigenvalue weighted by Gasteiger charge is 2.10. The van der Waals surface area contributed by atoms with Crippen LogP contribution in [0.15, 0.2) is 24.3 Å². The van der Waals surface area contributed by atoms with E-state index >= 15 is 0 Å². The third kappa shape index (κ3) is 6.54. The quantitative estimate of drug-likeness (QED) is 0.665. The summed E-state index contributed by atoms with van der Waals surface area (Å²) in [5, 5.41) is 21.0. The maximum atomic E-state index is 11.8. The molecule has 6 heteroatoms. The minimum absolute atomic E-state index is 0.0180. The van der Waals surface area contributed by atoms with E-state index in [1.807, 2.05) is 0 Å². The van der Waals surface area contributed by atoms with Crippen molar-refractivity contribution in [3.05, 3.63) is 29.3 Å². The van der Waals surface area contributed by atoms with E-state index in [1.54, 1.807) is 29.2 Å². The van der Waals surface area contributed by atoms with E-state index in [4.69, 9.17) is 21.8 Å². The maximum Gasteiger partial charge on any atom is 0.238 e. The van der Waals surface area contributed by atoms with Crippen molar-refractivity contribution in [1.82, 2.24) is 4.90 Å². The lowest BCUT2D eigenvalue weighted by Gasteiger charge is -2.20. The second-order valence-corrected chi connectivity index (χ2v) is 4.57. The molecule has 0 atom stereocenters. The molecule has 0 radical (unpaired) electrons.